The molecule has 2 saturated heterocycles. The Bertz CT molecular complexity index is 764. The lowest BCUT2D eigenvalue weighted by Crippen LogP contribution is -2.55. The van der Waals surface area contributed by atoms with Gasteiger partial charge in [-0.2, -0.15) is 13.2 Å². The van der Waals surface area contributed by atoms with Crippen molar-refractivity contribution < 1.29 is 27.5 Å². The fourth-order valence-corrected chi connectivity index (χ4v) is 4.28. The molecule has 2 amide bonds. The van der Waals surface area contributed by atoms with Crippen LogP contribution in [0, 0.1) is 5.41 Å². The van der Waals surface area contributed by atoms with Gasteiger partial charge in [0.05, 0.1) is 12.1 Å². The molecule has 0 N–H and O–H groups in total. The van der Waals surface area contributed by atoms with Gasteiger partial charge in [0.2, 0.25) is 5.91 Å². The number of amides is 2. The minimum atomic E-state index is -4.49. The largest absolute Gasteiger partial charge is 0.403 e. The number of ether oxygens (including phenoxy) is 1. The van der Waals surface area contributed by atoms with Gasteiger partial charge in [0.25, 0.3) is 5.91 Å². The Hall–Kier alpha value is -2.09. The zero-order valence-electron chi connectivity index (χ0n) is 15.5. The van der Waals surface area contributed by atoms with Gasteiger partial charge >= 0.3 is 6.18 Å². The third-order valence-corrected chi connectivity index (χ3v) is 6.20. The number of halogens is 3. The molecule has 2 heterocycles. The number of anilines is 1. The van der Waals surface area contributed by atoms with Gasteiger partial charge in [0.15, 0.2) is 0 Å². The average Bonchev–Trinajstić information content (AvgIpc) is 3.49. The highest BCUT2D eigenvalue weighted by Crippen LogP contribution is 2.58. The van der Waals surface area contributed by atoms with Crippen molar-refractivity contribution in [3.8, 4) is 0 Å². The molecule has 5 nitrogen and oxygen atoms in total. The molecule has 2 aliphatic heterocycles. The lowest BCUT2D eigenvalue weighted by atomic mass is 9.92. The van der Waals surface area contributed by atoms with Crippen LogP contribution in [-0.4, -0.2) is 54.7 Å². The van der Waals surface area contributed by atoms with E-state index >= 15 is 0 Å². The molecule has 152 valence electrons. The van der Waals surface area contributed by atoms with Crippen molar-refractivity contribution in [1.29, 1.82) is 0 Å². The van der Waals surface area contributed by atoms with Crippen LogP contribution in [0.1, 0.15) is 32.1 Å². The monoisotopic (exact) mass is 396 g/mol. The molecule has 8 heteroatoms. The predicted octanol–water partition coefficient (Wildman–Crippen LogP) is 3.14. The highest BCUT2D eigenvalue weighted by molar-refractivity contribution is 5.95. The number of hydrogen-bond donors (Lipinski definition) is 0. The van der Waals surface area contributed by atoms with Crippen molar-refractivity contribution in [1.82, 2.24) is 4.90 Å². The maximum atomic E-state index is 13.3. The Morgan fingerprint density at radius 3 is 2.39 bits per heavy atom. The summed E-state index contributed by atoms with van der Waals surface area (Å²) in [5, 5.41) is 0. The van der Waals surface area contributed by atoms with Gasteiger partial charge in [-0.15, -0.1) is 0 Å². The molecule has 0 bridgehead atoms. The number of carbonyl (C=O) groups is 2. The van der Waals surface area contributed by atoms with Crippen LogP contribution in [0.5, 0.6) is 0 Å². The van der Waals surface area contributed by atoms with E-state index < -0.39 is 23.1 Å². The standard InChI is InChI=1S/C20H23F3N2O3/c21-20(22,23)19(8-9-19)17(27)24-11-4-7-18(10-12-24)14-25(16(26)13-28-18)15-5-2-1-3-6-15/h1-3,5-6H,4,7-14H2. The zero-order chi connectivity index (χ0) is 20.0. The minimum absolute atomic E-state index is 0.0602. The van der Waals surface area contributed by atoms with Crippen molar-refractivity contribution in [3.63, 3.8) is 0 Å². The van der Waals surface area contributed by atoms with Crippen LogP contribution in [0.3, 0.4) is 0 Å². The summed E-state index contributed by atoms with van der Waals surface area (Å²) >= 11 is 0. The topological polar surface area (TPSA) is 49.9 Å². The molecule has 3 fully saturated rings. The van der Waals surface area contributed by atoms with Gasteiger partial charge in [-0.1, -0.05) is 18.2 Å². The highest BCUT2D eigenvalue weighted by Gasteiger charge is 2.69. The van der Waals surface area contributed by atoms with Crippen LogP contribution in [0.25, 0.3) is 0 Å². The maximum absolute atomic E-state index is 13.3. The van der Waals surface area contributed by atoms with Gasteiger partial charge < -0.3 is 14.5 Å². The second-order valence-electron chi connectivity index (χ2n) is 8.01. The summed E-state index contributed by atoms with van der Waals surface area (Å²) in [6.07, 6.45) is -3.16. The van der Waals surface area contributed by atoms with E-state index in [0.29, 0.717) is 32.4 Å². The molecule has 28 heavy (non-hydrogen) atoms. The first-order chi connectivity index (χ1) is 13.3. The van der Waals surface area contributed by atoms with Crippen molar-refractivity contribution in [2.75, 3.05) is 31.1 Å². The Morgan fingerprint density at radius 1 is 1.04 bits per heavy atom. The summed E-state index contributed by atoms with van der Waals surface area (Å²) in [5.41, 5.74) is -2.03. The Kier molecular flexibility index (Phi) is 4.64. The molecule has 1 unspecified atom stereocenters. The second-order valence-corrected chi connectivity index (χ2v) is 8.01. The molecule has 4 rings (SSSR count). The zero-order valence-corrected chi connectivity index (χ0v) is 15.5. The van der Waals surface area contributed by atoms with Crippen LogP contribution >= 0.6 is 0 Å². The molecule has 3 aliphatic rings. The normalized spacial score (nSPS) is 27.6. The Labute approximate surface area is 161 Å². The van der Waals surface area contributed by atoms with E-state index in [0.717, 1.165) is 5.69 Å². The summed E-state index contributed by atoms with van der Waals surface area (Å²) in [6.45, 7) is 0.798. The average molecular weight is 396 g/mol. The summed E-state index contributed by atoms with van der Waals surface area (Å²) < 4.78 is 45.8. The van der Waals surface area contributed by atoms with Crippen molar-refractivity contribution in [3.05, 3.63) is 30.3 Å². The first-order valence-electron chi connectivity index (χ1n) is 9.62. The van der Waals surface area contributed by atoms with Crippen LogP contribution < -0.4 is 4.90 Å². The van der Waals surface area contributed by atoms with Crippen LogP contribution in [0.15, 0.2) is 30.3 Å². The van der Waals surface area contributed by atoms with E-state index in [1.54, 1.807) is 4.90 Å². The third kappa shape index (κ3) is 3.27. The number of rotatable bonds is 2. The number of hydrogen-bond acceptors (Lipinski definition) is 3. The van der Waals surface area contributed by atoms with Gasteiger partial charge in [-0.05, 0) is 44.2 Å². The first kappa shape index (κ1) is 19.2. The molecule has 1 atom stereocenters. The number of carbonyl (C=O) groups excluding carboxylic acids is 2. The summed E-state index contributed by atoms with van der Waals surface area (Å²) in [5.74, 6) is -0.938. The Balaban J connectivity index is 1.48. The van der Waals surface area contributed by atoms with E-state index in [-0.39, 0.29) is 31.9 Å². The second kappa shape index (κ2) is 6.76. The molecule has 0 radical (unpaired) electrons. The van der Waals surface area contributed by atoms with Crippen molar-refractivity contribution >= 4 is 17.5 Å². The number of likely N-dealkylation sites (tertiary alicyclic amines) is 1. The summed E-state index contributed by atoms with van der Waals surface area (Å²) in [4.78, 5) is 28.0. The summed E-state index contributed by atoms with van der Waals surface area (Å²) in [6, 6.07) is 9.27. The van der Waals surface area contributed by atoms with Crippen molar-refractivity contribution in [2.24, 2.45) is 5.41 Å². The molecular weight excluding hydrogens is 373 g/mol. The number of benzene rings is 1. The van der Waals surface area contributed by atoms with Crippen molar-refractivity contribution in [2.45, 2.75) is 43.9 Å². The lowest BCUT2D eigenvalue weighted by Gasteiger charge is -2.42. The molecule has 1 spiro atoms. The number of alkyl halides is 3. The molecule has 1 saturated carbocycles. The van der Waals surface area contributed by atoms with Crippen LogP contribution in [0.2, 0.25) is 0 Å². The lowest BCUT2D eigenvalue weighted by molar-refractivity contribution is -0.198. The predicted molar refractivity (Wildman–Crippen MR) is 95.6 cm³/mol. The number of para-hydroxylation sites is 1. The molecular formula is C20H23F3N2O3. The van der Waals surface area contributed by atoms with E-state index in [1.807, 2.05) is 30.3 Å². The van der Waals surface area contributed by atoms with Gasteiger partial charge in [0, 0.05) is 18.8 Å². The van der Waals surface area contributed by atoms with E-state index in [4.69, 9.17) is 4.74 Å². The molecule has 1 aliphatic carbocycles. The fraction of sp³-hybridized carbons (Fsp3) is 0.600. The third-order valence-electron chi connectivity index (χ3n) is 6.20. The van der Waals surface area contributed by atoms with E-state index in [9.17, 15) is 22.8 Å². The first-order valence-corrected chi connectivity index (χ1v) is 9.62. The maximum Gasteiger partial charge on any atom is 0.403 e. The molecule has 0 aromatic heterocycles. The van der Waals surface area contributed by atoms with Gasteiger partial charge in [0.1, 0.15) is 12.0 Å². The number of morpholine rings is 1. The minimum Gasteiger partial charge on any atom is -0.363 e. The Morgan fingerprint density at radius 2 is 1.75 bits per heavy atom. The van der Waals surface area contributed by atoms with E-state index in [1.165, 1.54) is 4.90 Å². The van der Waals surface area contributed by atoms with Crippen LogP contribution in [-0.2, 0) is 14.3 Å². The highest BCUT2D eigenvalue weighted by atomic mass is 19.4. The quantitative estimate of drug-likeness (QED) is 0.772. The van der Waals surface area contributed by atoms with Gasteiger partial charge in [-0.25, -0.2) is 0 Å². The van der Waals surface area contributed by atoms with Crippen LogP contribution in [0.4, 0.5) is 18.9 Å². The molecule has 1 aromatic rings. The van der Waals surface area contributed by atoms with Gasteiger partial charge in [-0.3, -0.25) is 9.59 Å². The summed E-state index contributed by atoms with van der Waals surface area (Å²) in [7, 11) is 0. The number of nitrogens with zero attached hydrogens (tertiary/aromatic N) is 2. The smallest absolute Gasteiger partial charge is 0.363 e. The van der Waals surface area contributed by atoms with E-state index in [2.05, 4.69) is 0 Å². The fourth-order valence-electron chi connectivity index (χ4n) is 4.28. The molecule has 1 aromatic carbocycles. The SMILES string of the molecule is O=C1COC2(CCCN(C(=O)C3(C(F)(F)F)CC3)CC2)CN1c1ccccc1.